The van der Waals surface area contributed by atoms with Crippen LogP contribution in [0.2, 0.25) is 0 Å². The average molecular weight is 323 g/mol. The highest BCUT2D eigenvalue weighted by Crippen LogP contribution is 2.11. The van der Waals surface area contributed by atoms with Gasteiger partial charge < -0.3 is 5.73 Å². The Bertz CT molecular complexity index is 950. The van der Waals surface area contributed by atoms with Crippen LogP contribution in [0.3, 0.4) is 0 Å². The van der Waals surface area contributed by atoms with Gasteiger partial charge in [-0.1, -0.05) is 30.3 Å². The highest BCUT2D eigenvalue weighted by atomic mass is 32.1. The first-order chi connectivity index (χ1) is 11.2. The monoisotopic (exact) mass is 323 g/mol. The summed E-state index contributed by atoms with van der Waals surface area (Å²) in [5, 5.41) is 4.49. The molecule has 2 aromatic carbocycles. The van der Waals surface area contributed by atoms with E-state index in [9.17, 15) is 4.79 Å². The number of hydrazone groups is 1. The largest absolute Gasteiger partial charge is 0.375 e. The van der Waals surface area contributed by atoms with Gasteiger partial charge in [0.1, 0.15) is 0 Å². The van der Waals surface area contributed by atoms with Crippen molar-refractivity contribution < 1.29 is 0 Å². The van der Waals surface area contributed by atoms with Gasteiger partial charge in [-0.15, -0.1) is 0 Å². The summed E-state index contributed by atoms with van der Waals surface area (Å²) in [4.78, 5) is 17.3. The predicted molar refractivity (Wildman–Crippen MR) is 94.9 cm³/mol. The molecule has 0 saturated heterocycles. The zero-order chi connectivity index (χ0) is 16.2. The second-order valence-electron chi connectivity index (χ2n) is 4.70. The summed E-state index contributed by atoms with van der Waals surface area (Å²) in [7, 11) is 0. The molecule has 7 heteroatoms. The first kappa shape index (κ1) is 14.9. The molecule has 0 bridgehead atoms. The van der Waals surface area contributed by atoms with Gasteiger partial charge in [-0.25, -0.2) is 4.98 Å². The summed E-state index contributed by atoms with van der Waals surface area (Å²) in [5.41, 5.74) is 8.94. The molecule has 6 nitrogen and oxygen atoms in total. The third kappa shape index (κ3) is 3.09. The Morgan fingerprint density at radius 3 is 2.61 bits per heavy atom. The van der Waals surface area contributed by atoms with E-state index in [2.05, 4.69) is 15.5 Å². The van der Waals surface area contributed by atoms with Crippen LogP contribution in [0.4, 0.5) is 0 Å². The lowest BCUT2D eigenvalue weighted by atomic mass is 10.2. The van der Waals surface area contributed by atoms with Gasteiger partial charge in [0.25, 0.3) is 5.56 Å². The van der Waals surface area contributed by atoms with Crippen molar-refractivity contribution in [1.82, 2.24) is 15.0 Å². The lowest BCUT2D eigenvalue weighted by molar-refractivity contribution is 0.939. The van der Waals surface area contributed by atoms with Crippen LogP contribution in [0.15, 0.2) is 64.5 Å². The number of para-hydroxylation sites is 2. The molecule has 0 fully saturated rings. The maximum atomic E-state index is 12.8. The van der Waals surface area contributed by atoms with Gasteiger partial charge in [0.15, 0.2) is 10.9 Å². The van der Waals surface area contributed by atoms with E-state index in [4.69, 9.17) is 18.0 Å². The Balaban J connectivity index is 2.26. The Kier molecular flexibility index (Phi) is 4.11. The number of fused-ring (bicyclic) bond motifs is 1. The van der Waals surface area contributed by atoms with E-state index in [1.54, 1.807) is 12.1 Å². The maximum absolute atomic E-state index is 12.8. The summed E-state index contributed by atoms with van der Waals surface area (Å²) < 4.78 is 1.49. The van der Waals surface area contributed by atoms with Gasteiger partial charge >= 0.3 is 0 Å². The number of nitrogens with zero attached hydrogens (tertiary/aromatic N) is 3. The molecule has 3 N–H and O–H groups in total. The van der Waals surface area contributed by atoms with Gasteiger partial charge in [0.2, 0.25) is 0 Å². The van der Waals surface area contributed by atoms with Gasteiger partial charge in [0.05, 0.1) is 22.8 Å². The number of benzene rings is 2. The molecule has 0 saturated carbocycles. The second-order valence-corrected chi connectivity index (χ2v) is 5.14. The lowest BCUT2D eigenvalue weighted by Crippen LogP contribution is -2.26. The van der Waals surface area contributed by atoms with Crippen molar-refractivity contribution in [2.75, 3.05) is 0 Å². The number of thiocarbonyl (C=S) groups is 1. The van der Waals surface area contributed by atoms with E-state index in [1.807, 2.05) is 42.5 Å². The SMILES string of the molecule is NC(=S)N/N=C/c1nc2ccccc2c(=O)n1-c1ccccc1. The van der Waals surface area contributed by atoms with Crippen LogP contribution in [0.25, 0.3) is 16.6 Å². The van der Waals surface area contributed by atoms with Crippen LogP contribution >= 0.6 is 12.2 Å². The second kappa shape index (κ2) is 6.37. The minimum atomic E-state index is -0.168. The standard InChI is InChI=1S/C16H13N5OS/c17-16(23)20-18-10-14-19-13-9-5-4-8-12(13)15(22)21(14)11-6-2-1-3-7-11/h1-10H,(H3,17,20,23)/b18-10+. The highest BCUT2D eigenvalue weighted by molar-refractivity contribution is 7.80. The van der Waals surface area contributed by atoms with E-state index < -0.39 is 0 Å². The van der Waals surface area contributed by atoms with Crippen LogP contribution in [0, 0.1) is 0 Å². The Morgan fingerprint density at radius 1 is 1.17 bits per heavy atom. The van der Waals surface area contributed by atoms with Crippen LogP contribution in [0.5, 0.6) is 0 Å². The summed E-state index contributed by atoms with van der Waals surface area (Å²) in [6.45, 7) is 0. The van der Waals surface area contributed by atoms with Gasteiger partial charge in [-0.2, -0.15) is 5.10 Å². The predicted octanol–water partition coefficient (Wildman–Crippen LogP) is 1.55. The Hall–Kier alpha value is -3.06. The fourth-order valence-electron chi connectivity index (χ4n) is 2.22. The molecule has 0 aliphatic rings. The Morgan fingerprint density at radius 2 is 1.87 bits per heavy atom. The van der Waals surface area contributed by atoms with E-state index in [-0.39, 0.29) is 10.7 Å². The highest BCUT2D eigenvalue weighted by Gasteiger charge is 2.10. The Labute approximate surface area is 137 Å². The van der Waals surface area contributed by atoms with E-state index in [0.717, 1.165) is 0 Å². The molecule has 0 radical (unpaired) electrons. The smallest absolute Gasteiger partial charge is 0.266 e. The number of nitrogens with one attached hydrogen (secondary N) is 1. The van der Waals surface area contributed by atoms with Crippen LogP contribution in [0.1, 0.15) is 5.82 Å². The summed E-state index contributed by atoms with van der Waals surface area (Å²) in [6.07, 6.45) is 1.42. The van der Waals surface area contributed by atoms with Crippen LogP contribution in [-0.4, -0.2) is 20.9 Å². The van der Waals surface area contributed by atoms with Crippen molar-refractivity contribution in [3.8, 4) is 5.69 Å². The van der Waals surface area contributed by atoms with Crippen molar-refractivity contribution in [3.05, 3.63) is 70.8 Å². The summed E-state index contributed by atoms with van der Waals surface area (Å²) >= 11 is 4.70. The van der Waals surface area contributed by atoms with Crippen molar-refractivity contribution in [3.63, 3.8) is 0 Å². The minimum Gasteiger partial charge on any atom is -0.375 e. The third-order valence-electron chi connectivity index (χ3n) is 3.17. The molecule has 0 atom stereocenters. The first-order valence-electron chi connectivity index (χ1n) is 6.82. The number of hydrogen-bond acceptors (Lipinski definition) is 4. The van der Waals surface area contributed by atoms with E-state index in [0.29, 0.717) is 22.4 Å². The third-order valence-corrected chi connectivity index (χ3v) is 3.26. The molecule has 0 unspecified atom stereocenters. The summed E-state index contributed by atoms with van der Waals surface area (Å²) in [5.74, 6) is 0.378. The molecule has 114 valence electrons. The van der Waals surface area contributed by atoms with Crippen molar-refractivity contribution in [2.45, 2.75) is 0 Å². The summed E-state index contributed by atoms with van der Waals surface area (Å²) in [6, 6.07) is 16.4. The van der Waals surface area contributed by atoms with Crippen molar-refractivity contribution in [2.24, 2.45) is 10.8 Å². The molecule has 0 aliphatic heterocycles. The van der Waals surface area contributed by atoms with Gasteiger partial charge in [-0.3, -0.25) is 14.8 Å². The maximum Gasteiger partial charge on any atom is 0.266 e. The van der Waals surface area contributed by atoms with Crippen molar-refractivity contribution >= 4 is 34.4 Å². The quantitative estimate of drug-likeness (QED) is 0.434. The van der Waals surface area contributed by atoms with Crippen molar-refractivity contribution in [1.29, 1.82) is 0 Å². The number of aromatic nitrogens is 2. The first-order valence-corrected chi connectivity index (χ1v) is 7.23. The molecule has 0 amide bonds. The van der Waals surface area contributed by atoms with Crippen LogP contribution in [-0.2, 0) is 0 Å². The van der Waals surface area contributed by atoms with E-state index >= 15 is 0 Å². The lowest BCUT2D eigenvalue weighted by Gasteiger charge is -2.10. The fraction of sp³-hybridized carbons (Fsp3) is 0. The minimum absolute atomic E-state index is 0.0376. The zero-order valence-corrected chi connectivity index (χ0v) is 12.8. The molecular weight excluding hydrogens is 310 g/mol. The normalized spacial score (nSPS) is 11.0. The average Bonchev–Trinajstić information content (AvgIpc) is 2.55. The number of hydrogen-bond donors (Lipinski definition) is 2. The topological polar surface area (TPSA) is 85.3 Å². The molecule has 3 aromatic rings. The molecule has 3 rings (SSSR count). The molecule has 0 aliphatic carbocycles. The molecule has 0 spiro atoms. The van der Waals surface area contributed by atoms with E-state index in [1.165, 1.54) is 10.8 Å². The number of rotatable bonds is 3. The molecular formula is C16H13N5OS. The van der Waals surface area contributed by atoms with Crippen LogP contribution < -0.4 is 16.7 Å². The molecule has 1 aromatic heterocycles. The number of nitrogens with two attached hydrogens (primary N) is 1. The molecule has 1 heterocycles. The van der Waals surface area contributed by atoms with Gasteiger partial charge in [-0.05, 0) is 36.5 Å². The molecule has 23 heavy (non-hydrogen) atoms. The fourth-order valence-corrected chi connectivity index (χ4v) is 2.27. The zero-order valence-electron chi connectivity index (χ0n) is 12.0. The van der Waals surface area contributed by atoms with Gasteiger partial charge in [0, 0.05) is 0 Å².